The summed E-state index contributed by atoms with van der Waals surface area (Å²) in [6.07, 6.45) is -6.93. The number of ether oxygens (including phenoxy) is 2. The molecular formula is C20H20O8. The average molecular weight is 388 g/mol. The minimum absolute atomic E-state index is 0.229. The summed E-state index contributed by atoms with van der Waals surface area (Å²) in [4.78, 5) is 12.4. The molecule has 1 aromatic heterocycles. The van der Waals surface area contributed by atoms with Crippen molar-refractivity contribution >= 4 is 21.7 Å². The summed E-state index contributed by atoms with van der Waals surface area (Å²) in [5.41, 5.74) is 0.644. The van der Waals surface area contributed by atoms with E-state index in [0.29, 0.717) is 11.0 Å². The van der Waals surface area contributed by atoms with Gasteiger partial charge in [0.25, 0.3) is 0 Å². The first-order valence-electron chi connectivity index (χ1n) is 8.84. The summed E-state index contributed by atoms with van der Waals surface area (Å²) in [5, 5.41) is 41.1. The van der Waals surface area contributed by atoms with Crippen LogP contribution in [0.4, 0.5) is 0 Å². The number of aliphatic hydroxyl groups is 4. The van der Waals surface area contributed by atoms with Crippen LogP contribution in [0.15, 0.2) is 45.6 Å². The Morgan fingerprint density at radius 1 is 1.04 bits per heavy atom. The molecule has 0 amide bonds. The zero-order valence-electron chi connectivity index (χ0n) is 15.0. The highest BCUT2D eigenvalue weighted by Gasteiger charge is 2.44. The molecule has 0 spiro atoms. The van der Waals surface area contributed by atoms with E-state index in [0.717, 1.165) is 16.3 Å². The lowest BCUT2D eigenvalue weighted by Crippen LogP contribution is -2.60. The fourth-order valence-electron chi connectivity index (χ4n) is 3.50. The van der Waals surface area contributed by atoms with Crippen molar-refractivity contribution in [2.75, 3.05) is 6.61 Å². The van der Waals surface area contributed by atoms with Crippen molar-refractivity contribution in [3.8, 4) is 5.75 Å². The van der Waals surface area contributed by atoms with Gasteiger partial charge < -0.3 is 34.3 Å². The molecule has 0 bridgehead atoms. The number of rotatable bonds is 3. The standard InChI is InChI=1S/C20H20O8/c1-9-3-2-4-12-11-6-5-10(7-13(11)27-19(25)15(9)12)26-20-18(24)17(23)16(22)14(8-21)28-20/h2-7,14,16-18,20-24H,8H2,1H3/t14-,16-,17+,18-,20-/m1/s1. The van der Waals surface area contributed by atoms with Crippen LogP contribution < -0.4 is 10.4 Å². The molecule has 0 unspecified atom stereocenters. The van der Waals surface area contributed by atoms with Gasteiger partial charge in [-0.15, -0.1) is 0 Å². The van der Waals surface area contributed by atoms with Crippen LogP contribution in [0.3, 0.4) is 0 Å². The number of hydrogen-bond donors (Lipinski definition) is 4. The molecule has 2 aromatic carbocycles. The van der Waals surface area contributed by atoms with E-state index in [1.165, 1.54) is 6.07 Å². The first kappa shape index (κ1) is 18.9. The Balaban J connectivity index is 1.71. The largest absolute Gasteiger partial charge is 0.462 e. The van der Waals surface area contributed by atoms with Gasteiger partial charge >= 0.3 is 5.63 Å². The van der Waals surface area contributed by atoms with Crippen molar-refractivity contribution in [1.82, 2.24) is 0 Å². The van der Waals surface area contributed by atoms with E-state index >= 15 is 0 Å². The molecule has 4 N–H and O–H groups in total. The SMILES string of the molecule is Cc1cccc2c1c(=O)oc1cc(O[C@@H]3O[C@H](CO)[C@@H](O)[C@H](O)[C@H]3O)ccc12. The third kappa shape index (κ3) is 3.05. The molecule has 0 aliphatic carbocycles. The Kier molecular flexibility index (Phi) is 4.82. The van der Waals surface area contributed by atoms with Gasteiger partial charge in [-0.1, -0.05) is 18.2 Å². The molecule has 28 heavy (non-hydrogen) atoms. The monoisotopic (exact) mass is 388 g/mol. The van der Waals surface area contributed by atoms with E-state index in [-0.39, 0.29) is 5.75 Å². The number of aliphatic hydroxyl groups excluding tert-OH is 4. The summed E-state index contributed by atoms with van der Waals surface area (Å²) in [5.74, 6) is 0.229. The van der Waals surface area contributed by atoms with Crippen LogP contribution in [-0.2, 0) is 4.74 Å². The number of aryl methyl sites for hydroxylation is 1. The van der Waals surface area contributed by atoms with Crippen LogP contribution in [0.25, 0.3) is 21.7 Å². The van der Waals surface area contributed by atoms with E-state index in [2.05, 4.69) is 0 Å². The topological polar surface area (TPSA) is 130 Å². The van der Waals surface area contributed by atoms with Gasteiger partial charge in [-0.25, -0.2) is 4.79 Å². The van der Waals surface area contributed by atoms with Crippen LogP contribution >= 0.6 is 0 Å². The maximum atomic E-state index is 12.4. The van der Waals surface area contributed by atoms with E-state index in [1.807, 2.05) is 25.1 Å². The Morgan fingerprint density at radius 2 is 1.82 bits per heavy atom. The van der Waals surface area contributed by atoms with Gasteiger partial charge in [0.15, 0.2) is 0 Å². The smallest absolute Gasteiger partial charge is 0.344 e. The van der Waals surface area contributed by atoms with Crippen LogP contribution in [-0.4, -0.2) is 57.7 Å². The predicted molar refractivity (Wildman–Crippen MR) is 99.1 cm³/mol. The molecule has 0 radical (unpaired) electrons. The number of hydrogen-bond acceptors (Lipinski definition) is 8. The van der Waals surface area contributed by atoms with Gasteiger partial charge in [-0.3, -0.25) is 0 Å². The molecule has 8 nitrogen and oxygen atoms in total. The summed E-state index contributed by atoms with van der Waals surface area (Å²) < 4.78 is 16.3. The minimum Gasteiger partial charge on any atom is -0.462 e. The van der Waals surface area contributed by atoms with Gasteiger partial charge in [0.1, 0.15) is 35.7 Å². The molecule has 1 aliphatic rings. The molecule has 4 rings (SSSR count). The fourth-order valence-corrected chi connectivity index (χ4v) is 3.50. The van der Waals surface area contributed by atoms with Gasteiger partial charge in [0, 0.05) is 16.8 Å². The zero-order valence-corrected chi connectivity index (χ0v) is 15.0. The quantitative estimate of drug-likeness (QED) is 0.376. The van der Waals surface area contributed by atoms with E-state index in [4.69, 9.17) is 13.9 Å². The Labute approximate surface area is 159 Å². The first-order chi connectivity index (χ1) is 13.4. The Bertz CT molecular complexity index is 1070. The fraction of sp³-hybridized carbons (Fsp3) is 0.350. The van der Waals surface area contributed by atoms with Crippen LogP contribution in [0, 0.1) is 6.92 Å². The van der Waals surface area contributed by atoms with Gasteiger partial charge in [-0.05, 0) is 24.6 Å². The van der Waals surface area contributed by atoms with Crippen molar-refractivity contribution in [3.05, 3.63) is 52.4 Å². The molecule has 5 atom stereocenters. The minimum atomic E-state index is -1.54. The third-order valence-electron chi connectivity index (χ3n) is 5.02. The lowest BCUT2D eigenvalue weighted by molar-refractivity contribution is -0.277. The summed E-state index contributed by atoms with van der Waals surface area (Å²) in [6, 6.07) is 10.3. The summed E-state index contributed by atoms with van der Waals surface area (Å²) in [7, 11) is 0. The molecule has 8 heteroatoms. The van der Waals surface area contributed by atoms with Crippen molar-refractivity contribution in [1.29, 1.82) is 0 Å². The van der Waals surface area contributed by atoms with Crippen molar-refractivity contribution in [2.24, 2.45) is 0 Å². The summed E-state index contributed by atoms with van der Waals surface area (Å²) in [6.45, 7) is 1.28. The highest BCUT2D eigenvalue weighted by atomic mass is 16.7. The van der Waals surface area contributed by atoms with Gasteiger partial charge in [0.05, 0.1) is 12.0 Å². The highest BCUT2D eigenvalue weighted by Crippen LogP contribution is 2.30. The third-order valence-corrected chi connectivity index (χ3v) is 5.02. The van der Waals surface area contributed by atoms with E-state index < -0.39 is 42.9 Å². The molecule has 3 aromatic rings. The maximum absolute atomic E-state index is 12.4. The molecule has 1 saturated heterocycles. The average Bonchev–Trinajstić information content (AvgIpc) is 2.68. The highest BCUT2D eigenvalue weighted by molar-refractivity contribution is 6.05. The van der Waals surface area contributed by atoms with Crippen LogP contribution in [0.5, 0.6) is 5.75 Å². The Hall–Kier alpha value is -2.49. The van der Waals surface area contributed by atoms with Crippen molar-refractivity contribution < 1.29 is 34.3 Å². The first-order valence-corrected chi connectivity index (χ1v) is 8.84. The van der Waals surface area contributed by atoms with Gasteiger partial charge in [-0.2, -0.15) is 0 Å². The second-order valence-corrected chi connectivity index (χ2v) is 6.86. The second-order valence-electron chi connectivity index (χ2n) is 6.86. The van der Waals surface area contributed by atoms with E-state index in [1.54, 1.807) is 12.1 Å². The molecule has 1 fully saturated rings. The van der Waals surface area contributed by atoms with Gasteiger partial charge in [0.2, 0.25) is 6.29 Å². The number of fused-ring (bicyclic) bond motifs is 3. The second kappa shape index (κ2) is 7.16. The molecule has 1 aliphatic heterocycles. The lowest BCUT2D eigenvalue weighted by Gasteiger charge is -2.39. The molecular weight excluding hydrogens is 368 g/mol. The lowest BCUT2D eigenvalue weighted by atomic mass is 9.99. The van der Waals surface area contributed by atoms with Crippen LogP contribution in [0.2, 0.25) is 0 Å². The van der Waals surface area contributed by atoms with E-state index in [9.17, 15) is 25.2 Å². The number of benzene rings is 2. The maximum Gasteiger partial charge on any atom is 0.344 e. The predicted octanol–water partition coefficient (Wildman–Crippen LogP) is 0.433. The normalized spacial score (nSPS) is 28.0. The van der Waals surface area contributed by atoms with Crippen molar-refractivity contribution in [2.45, 2.75) is 37.6 Å². The molecule has 2 heterocycles. The molecule has 148 valence electrons. The zero-order chi connectivity index (χ0) is 20.0. The molecule has 0 saturated carbocycles. The summed E-state index contributed by atoms with van der Waals surface area (Å²) >= 11 is 0. The Morgan fingerprint density at radius 3 is 2.57 bits per heavy atom. The van der Waals surface area contributed by atoms with Crippen LogP contribution in [0.1, 0.15) is 5.56 Å². The van der Waals surface area contributed by atoms with Crippen molar-refractivity contribution in [3.63, 3.8) is 0 Å².